The Hall–Kier alpha value is -1.17. The fourth-order valence-electron chi connectivity index (χ4n) is 1.60. The van der Waals surface area contributed by atoms with Gasteiger partial charge in [-0.15, -0.1) is 0 Å². The number of hydrogen-bond acceptors (Lipinski definition) is 3. The molecule has 0 aromatic carbocycles. The summed E-state index contributed by atoms with van der Waals surface area (Å²) in [7, 11) is 0. The number of alkyl halides is 3. The lowest BCUT2D eigenvalue weighted by molar-refractivity contribution is -0.136. The van der Waals surface area contributed by atoms with E-state index in [1.54, 1.807) is 13.0 Å². The highest BCUT2D eigenvalue weighted by atomic mass is 19.4. The Balaban J connectivity index is 2.80. The third-order valence-corrected chi connectivity index (χ3v) is 2.50. The zero-order valence-corrected chi connectivity index (χ0v) is 9.88. The van der Waals surface area contributed by atoms with E-state index in [-0.39, 0.29) is 6.42 Å². The molecule has 0 amide bonds. The van der Waals surface area contributed by atoms with Gasteiger partial charge in [0.15, 0.2) is 0 Å². The minimum Gasteiger partial charge on any atom is -0.324 e. The topological polar surface area (TPSA) is 51.8 Å². The van der Waals surface area contributed by atoms with E-state index < -0.39 is 18.6 Å². The molecule has 1 atom stereocenters. The van der Waals surface area contributed by atoms with Gasteiger partial charge >= 0.3 is 6.18 Å². The number of nitrogens with zero attached hydrogens (tertiary/aromatic N) is 2. The molecular formula is C11H16F3N3. The highest BCUT2D eigenvalue weighted by Crippen LogP contribution is 2.27. The summed E-state index contributed by atoms with van der Waals surface area (Å²) in [5.41, 5.74) is 7.79. The fraction of sp³-hybridized carbons (Fsp3) is 0.636. The van der Waals surface area contributed by atoms with E-state index in [9.17, 15) is 13.2 Å². The predicted octanol–water partition coefficient (Wildman–Crippen LogP) is 2.69. The number of aromatic nitrogens is 2. The van der Waals surface area contributed by atoms with Gasteiger partial charge in [-0.3, -0.25) is 0 Å². The lowest BCUT2D eigenvalue weighted by atomic mass is 10.00. The van der Waals surface area contributed by atoms with E-state index >= 15 is 0 Å². The largest absolute Gasteiger partial charge is 0.389 e. The standard InChI is InChI=1S/C11H16F3N3/c1-3-10-8(6-7(2)16-17-10)9(15)4-5-11(12,13)14/h6,9H,3-5,15H2,1-2H3. The zero-order chi connectivity index (χ0) is 13.1. The van der Waals surface area contributed by atoms with E-state index in [0.717, 1.165) is 0 Å². The summed E-state index contributed by atoms with van der Waals surface area (Å²) in [6.07, 6.45) is -4.55. The molecule has 0 aliphatic rings. The van der Waals surface area contributed by atoms with Gasteiger partial charge in [0.25, 0.3) is 0 Å². The van der Waals surface area contributed by atoms with E-state index in [0.29, 0.717) is 23.4 Å². The summed E-state index contributed by atoms with van der Waals surface area (Å²) in [6.45, 7) is 3.62. The minimum absolute atomic E-state index is 0.123. The average molecular weight is 247 g/mol. The summed E-state index contributed by atoms with van der Waals surface area (Å²) in [6, 6.07) is 1.08. The molecule has 0 aliphatic carbocycles. The molecule has 1 heterocycles. The van der Waals surface area contributed by atoms with E-state index in [4.69, 9.17) is 5.73 Å². The summed E-state index contributed by atoms with van der Waals surface area (Å²) in [4.78, 5) is 0. The molecule has 2 N–H and O–H groups in total. The van der Waals surface area contributed by atoms with Gasteiger partial charge in [-0.2, -0.15) is 23.4 Å². The van der Waals surface area contributed by atoms with E-state index in [1.807, 2.05) is 6.92 Å². The van der Waals surface area contributed by atoms with Crippen LogP contribution in [0.25, 0.3) is 0 Å². The predicted molar refractivity (Wildman–Crippen MR) is 58.4 cm³/mol. The zero-order valence-electron chi connectivity index (χ0n) is 9.88. The van der Waals surface area contributed by atoms with Crippen LogP contribution in [0.5, 0.6) is 0 Å². The second-order valence-electron chi connectivity index (χ2n) is 4.00. The van der Waals surface area contributed by atoms with Gasteiger partial charge < -0.3 is 5.73 Å². The van der Waals surface area contributed by atoms with Crippen LogP contribution >= 0.6 is 0 Å². The molecule has 1 unspecified atom stereocenters. The van der Waals surface area contributed by atoms with Gasteiger partial charge in [-0.25, -0.2) is 0 Å². The lowest BCUT2D eigenvalue weighted by Gasteiger charge is -2.16. The Labute approximate surface area is 98.2 Å². The first-order valence-corrected chi connectivity index (χ1v) is 5.49. The highest BCUT2D eigenvalue weighted by molar-refractivity contribution is 5.24. The molecule has 0 saturated heterocycles. The van der Waals surface area contributed by atoms with Crippen molar-refractivity contribution in [3.63, 3.8) is 0 Å². The molecule has 17 heavy (non-hydrogen) atoms. The van der Waals surface area contributed by atoms with Crippen molar-refractivity contribution >= 4 is 0 Å². The molecule has 0 bridgehead atoms. The van der Waals surface area contributed by atoms with Gasteiger partial charge in [-0.1, -0.05) is 6.92 Å². The molecule has 0 radical (unpaired) electrons. The van der Waals surface area contributed by atoms with Crippen LogP contribution in [-0.2, 0) is 6.42 Å². The van der Waals surface area contributed by atoms with Crippen molar-refractivity contribution in [2.45, 2.75) is 45.3 Å². The number of rotatable bonds is 4. The van der Waals surface area contributed by atoms with Gasteiger partial charge in [0.2, 0.25) is 0 Å². The molecule has 0 aliphatic heterocycles. The van der Waals surface area contributed by atoms with Crippen molar-refractivity contribution in [3.05, 3.63) is 23.0 Å². The lowest BCUT2D eigenvalue weighted by Crippen LogP contribution is -2.18. The third-order valence-electron chi connectivity index (χ3n) is 2.50. The molecule has 0 spiro atoms. The summed E-state index contributed by atoms with van der Waals surface area (Å²) < 4.78 is 36.3. The first-order chi connectivity index (χ1) is 7.83. The van der Waals surface area contributed by atoms with Crippen LogP contribution < -0.4 is 5.73 Å². The van der Waals surface area contributed by atoms with Crippen LogP contribution in [-0.4, -0.2) is 16.4 Å². The van der Waals surface area contributed by atoms with Crippen molar-refractivity contribution in [1.29, 1.82) is 0 Å². The summed E-state index contributed by atoms with van der Waals surface area (Å²) in [5.74, 6) is 0. The van der Waals surface area contributed by atoms with E-state index in [1.165, 1.54) is 0 Å². The normalized spacial score (nSPS) is 13.8. The first kappa shape index (κ1) is 13.9. The maximum absolute atomic E-state index is 12.1. The Morgan fingerprint density at radius 1 is 1.35 bits per heavy atom. The van der Waals surface area contributed by atoms with Crippen LogP contribution in [0.2, 0.25) is 0 Å². The highest BCUT2D eigenvalue weighted by Gasteiger charge is 2.28. The molecule has 1 aromatic rings. The van der Waals surface area contributed by atoms with Crippen LogP contribution in [0.4, 0.5) is 13.2 Å². The Bertz CT molecular complexity index is 377. The van der Waals surface area contributed by atoms with Gasteiger partial charge in [0.05, 0.1) is 11.4 Å². The number of nitrogens with two attached hydrogens (primary N) is 1. The molecule has 0 saturated carbocycles. The quantitative estimate of drug-likeness (QED) is 0.890. The molecule has 3 nitrogen and oxygen atoms in total. The molecule has 1 rings (SSSR count). The van der Waals surface area contributed by atoms with Crippen LogP contribution in [0.15, 0.2) is 6.07 Å². The van der Waals surface area contributed by atoms with Gasteiger partial charge in [-0.05, 0) is 31.4 Å². The van der Waals surface area contributed by atoms with Crippen LogP contribution in [0.3, 0.4) is 0 Å². The van der Waals surface area contributed by atoms with Crippen molar-refractivity contribution in [2.24, 2.45) is 5.73 Å². The van der Waals surface area contributed by atoms with Crippen molar-refractivity contribution in [2.75, 3.05) is 0 Å². The second-order valence-corrected chi connectivity index (χ2v) is 4.00. The van der Waals surface area contributed by atoms with Gasteiger partial charge in [0, 0.05) is 12.5 Å². The van der Waals surface area contributed by atoms with E-state index in [2.05, 4.69) is 10.2 Å². The molecular weight excluding hydrogens is 231 g/mol. The van der Waals surface area contributed by atoms with Crippen molar-refractivity contribution in [1.82, 2.24) is 10.2 Å². The minimum atomic E-state index is -4.17. The second kappa shape index (κ2) is 5.44. The number of halogens is 3. The SMILES string of the molecule is CCc1nnc(C)cc1C(N)CCC(F)(F)F. The van der Waals surface area contributed by atoms with Crippen LogP contribution in [0.1, 0.15) is 42.8 Å². The maximum Gasteiger partial charge on any atom is 0.389 e. The molecule has 6 heteroatoms. The van der Waals surface area contributed by atoms with Crippen molar-refractivity contribution in [3.8, 4) is 0 Å². The maximum atomic E-state index is 12.1. The smallest absolute Gasteiger partial charge is 0.324 e. The number of aryl methyl sites for hydroxylation is 2. The van der Waals surface area contributed by atoms with Crippen LogP contribution in [0, 0.1) is 6.92 Å². The third kappa shape index (κ3) is 4.30. The summed E-state index contributed by atoms with van der Waals surface area (Å²) >= 11 is 0. The average Bonchev–Trinajstić information content (AvgIpc) is 2.25. The fourth-order valence-corrected chi connectivity index (χ4v) is 1.60. The van der Waals surface area contributed by atoms with Crippen molar-refractivity contribution < 1.29 is 13.2 Å². The molecule has 1 aromatic heterocycles. The Morgan fingerprint density at radius 2 is 2.00 bits per heavy atom. The number of hydrogen-bond donors (Lipinski definition) is 1. The molecule has 96 valence electrons. The molecule has 0 fully saturated rings. The first-order valence-electron chi connectivity index (χ1n) is 5.49. The Morgan fingerprint density at radius 3 is 2.53 bits per heavy atom. The van der Waals surface area contributed by atoms with Gasteiger partial charge in [0.1, 0.15) is 0 Å². The summed E-state index contributed by atoms with van der Waals surface area (Å²) in [5, 5.41) is 7.83. The Kier molecular flexibility index (Phi) is 4.45. The monoisotopic (exact) mass is 247 g/mol.